The number of rotatable bonds is 2. The molecular weight excluding hydrogens is 197 g/mol. The second-order valence-electron chi connectivity index (χ2n) is 3.74. The van der Waals surface area contributed by atoms with Gasteiger partial charge in [-0.05, 0) is 24.6 Å². The minimum absolute atomic E-state index is 0.0225. The monoisotopic (exact) mass is 211 g/mol. The van der Waals surface area contributed by atoms with Gasteiger partial charge in [0.15, 0.2) is 0 Å². The molecule has 82 valence electrons. The molecule has 1 fully saturated rings. The predicted octanol–water partition coefficient (Wildman–Crippen LogP) is 1.23. The van der Waals surface area contributed by atoms with Gasteiger partial charge in [0, 0.05) is 18.2 Å². The van der Waals surface area contributed by atoms with E-state index in [2.05, 4.69) is 5.32 Å². The Balaban J connectivity index is 2.29. The fourth-order valence-electron chi connectivity index (χ4n) is 1.93. The van der Waals surface area contributed by atoms with Crippen LogP contribution >= 0.6 is 0 Å². The van der Waals surface area contributed by atoms with Crippen molar-refractivity contribution in [2.24, 2.45) is 0 Å². The standard InChI is InChI=1S/C11H14FNO2/c1-15-11-3-2-7(12)4-9(11)10-5-8(14)6-13-10/h2-4,8,10,13-14H,5-6H2,1H3. The number of nitrogens with one attached hydrogen (secondary N) is 1. The van der Waals surface area contributed by atoms with E-state index < -0.39 is 0 Å². The summed E-state index contributed by atoms with van der Waals surface area (Å²) in [5, 5.41) is 12.5. The highest BCUT2D eigenvalue weighted by Crippen LogP contribution is 2.31. The van der Waals surface area contributed by atoms with Crippen LogP contribution in [0, 0.1) is 5.82 Å². The molecule has 0 radical (unpaired) electrons. The van der Waals surface area contributed by atoms with E-state index in [9.17, 15) is 9.50 Å². The molecule has 2 atom stereocenters. The number of methoxy groups -OCH3 is 1. The normalized spacial score (nSPS) is 25.5. The molecule has 0 spiro atoms. The molecule has 15 heavy (non-hydrogen) atoms. The van der Waals surface area contributed by atoms with Gasteiger partial charge in [0.1, 0.15) is 11.6 Å². The van der Waals surface area contributed by atoms with E-state index in [4.69, 9.17) is 4.74 Å². The Morgan fingerprint density at radius 1 is 1.53 bits per heavy atom. The highest BCUT2D eigenvalue weighted by atomic mass is 19.1. The Bertz CT molecular complexity index is 356. The average Bonchev–Trinajstić information content (AvgIpc) is 2.65. The van der Waals surface area contributed by atoms with Crippen LogP contribution in [0.1, 0.15) is 18.0 Å². The molecule has 1 aliphatic heterocycles. The first-order valence-electron chi connectivity index (χ1n) is 4.95. The summed E-state index contributed by atoms with van der Waals surface area (Å²) in [6.45, 7) is 0.546. The van der Waals surface area contributed by atoms with Crippen molar-refractivity contribution in [2.45, 2.75) is 18.6 Å². The molecular formula is C11H14FNO2. The second kappa shape index (κ2) is 4.16. The smallest absolute Gasteiger partial charge is 0.123 e. The summed E-state index contributed by atoms with van der Waals surface area (Å²) >= 11 is 0. The summed E-state index contributed by atoms with van der Waals surface area (Å²) in [7, 11) is 1.56. The summed E-state index contributed by atoms with van der Waals surface area (Å²) in [4.78, 5) is 0. The van der Waals surface area contributed by atoms with Gasteiger partial charge in [0.05, 0.1) is 13.2 Å². The lowest BCUT2D eigenvalue weighted by Crippen LogP contribution is -2.15. The maximum atomic E-state index is 13.1. The lowest BCUT2D eigenvalue weighted by molar-refractivity contribution is 0.193. The highest BCUT2D eigenvalue weighted by molar-refractivity contribution is 5.37. The zero-order chi connectivity index (χ0) is 10.8. The molecule has 0 aliphatic carbocycles. The van der Waals surface area contributed by atoms with Crippen LogP contribution < -0.4 is 10.1 Å². The third-order valence-corrected chi connectivity index (χ3v) is 2.67. The van der Waals surface area contributed by atoms with Crippen LogP contribution in [0.5, 0.6) is 5.75 Å². The van der Waals surface area contributed by atoms with Gasteiger partial charge in [-0.2, -0.15) is 0 Å². The molecule has 1 aromatic rings. The first kappa shape index (κ1) is 10.4. The van der Waals surface area contributed by atoms with Gasteiger partial charge in [-0.1, -0.05) is 0 Å². The van der Waals surface area contributed by atoms with Gasteiger partial charge in [-0.25, -0.2) is 4.39 Å². The van der Waals surface area contributed by atoms with Crippen molar-refractivity contribution in [1.82, 2.24) is 5.32 Å². The number of hydrogen-bond acceptors (Lipinski definition) is 3. The van der Waals surface area contributed by atoms with E-state index in [-0.39, 0.29) is 18.0 Å². The molecule has 2 rings (SSSR count). The molecule has 0 amide bonds. The molecule has 0 aromatic heterocycles. The molecule has 4 heteroatoms. The van der Waals surface area contributed by atoms with E-state index in [0.29, 0.717) is 18.7 Å². The van der Waals surface area contributed by atoms with E-state index >= 15 is 0 Å². The molecule has 3 nitrogen and oxygen atoms in total. The SMILES string of the molecule is COc1ccc(F)cc1C1CC(O)CN1. The largest absolute Gasteiger partial charge is 0.496 e. The number of aliphatic hydroxyl groups is 1. The maximum Gasteiger partial charge on any atom is 0.123 e. The van der Waals surface area contributed by atoms with Gasteiger partial charge in [0.2, 0.25) is 0 Å². The van der Waals surface area contributed by atoms with Crippen LogP contribution in [0.3, 0.4) is 0 Å². The van der Waals surface area contributed by atoms with E-state index in [1.54, 1.807) is 13.2 Å². The van der Waals surface area contributed by atoms with Crippen molar-refractivity contribution in [3.8, 4) is 5.75 Å². The van der Waals surface area contributed by atoms with Gasteiger partial charge in [0.25, 0.3) is 0 Å². The minimum atomic E-state index is -0.358. The fraction of sp³-hybridized carbons (Fsp3) is 0.455. The minimum Gasteiger partial charge on any atom is -0.496 e. The lowest BCUT2D eigenvalue weighted by Gasteiger charge is -2.14. The third-order valence-electron chi connectivity index (χ3n) is 2.67. The Labute approximate surface area is 87.9 Å². The summed E-state index contributed by atoms with van der Waals surface area (Å²) in [6.07, 6.45) is 0.239. The van der Waals surface area contributed by atoms with Gasteiger partial charge < -0.3 is 15.2 Å². The van der Waals surface area contributed by atoms with Crippen molar-refractivity contribution in [3.63, 3.8) is 0 Å². The second-order valence-corrected chi connectivity index (χ2v) is 3.74. The highest BCUT2D eigenvalue weighted by Gasteiger charge is 2.26. The molecule has 2 unspecified atom stereocenters. The van der Waals surface area contributed by atoms with E-state index in [1.165, 1.54) is 12.1 Å². The molecule has 0 saturated carbocycles. The Morgan fingerprint density at radius 3 is 2.93 bits per heavy atom. The first-order valence-corrected chi connectivity index (χ1v) is 4.95. The maximum absolute atomic E-state index is 13.1. The van der Waals surface area contributed by atoms with Crippen LogP contribution in [-0.2, 0) is 0 Å². The van der Waals surface area contributed by atoms with Crippen molar-refractivity contribution < 1.29 is 14.2 Å². The predicted molar refractivity (Wildman–Crippen MR) is 54.3 cm³/mol. The summed E-state index contributed by atoms with van der Waals surface area (Å²) in [5.41, 5.74) is 0.772. The molecule has 1 saturated heterocycles. The Hall–Kier alpha value is -1.13. The molecule has 1 heterocycles. The zero-order valence-corrected chi connectivity index (χ0v) is 8.53. The number of hydrogen-bond donors (Lipinski definition) is 2. The van der Waals surface area contributed by atoms with Gasteiger partial charge in [-0.15, -0.1) is 0 Å². The topological polar surface area (TPSA) is 41.5 Å². The number of aliphatic hydroxyl groups excluding tert-OH is 1. The van der Waals surface area contributed by atoms with Crippen molar-refractivity contribution in [1.29, 1.82) is 0 Å². The average molecular weight is 211 g/mol. The van der Waals surface area contributed by atoms with Gasteiger partial charge in [-0.3, -0.25) is 0 Å². The molecule has 0 bridgehead atoms. The number of benzene rings is 1. The number of halogens is 1. The van der Waals surface area contributed by atoms with Crippen molar-refractivity contribution in [2.75, 3.05) is 13.7 Å². The summed E-state index contributed by atoms with van der Waals surface area (Å²) in [6, 6.07) is 4.41. The number of β-amino-alcohol motifs (C(OH)–C–C–N with tert-alkyl or cyclic N) is 1. The van der Waals surface area contributed by atoms with Crippen molar-refractivity contribution in [3.05, 3.63) is 29.6 Å². The van der Waals surface area contributed by atoms with Crippen LogP contribution in [0.2, 0.25) is 0 Å². The quantitative estimate of drug-likeness (QED) is 0.773. The van der Waals surface area contributed by atoms with Crippen LogP contribution in [0.4, 0.5) is 4.39 Å². The Morgan fingerprint density at radius 2 is 2.33 bits per heavy atom. The molecule has 1 aliphatic rings. The molecule has 1 aromatic carbocycles. The lowest BCUT2D eigenvalue weighted by atomic mass is 10.0. The third kappa shape index (κ3) is 2.11. The van der Waals surface area contributed by atoms with Crippen LogP contribution in [0.15, 0.2) is 18.2 Å². The first-order chi connectivity index (χ1) is 7.20. The van der Waals surface area contributed by atoms with Crippen molar-refractivity contribution >= 4 is 0 Å². The molecule has 2 N–H and O–H groups in total. The fourth-order valence-corrected chi connectivity index (χ4v) is 1.93. The Kier molecular flexibility index (Phi) is 2.88. The number of ether oxygens (including phenoxy) is 1. The van der Waals surface area contributed by atoms with Gasteiger partial charge >= 0.3 is 0 Å². The van der Waals surface area contributed by atoms with E-state index in [1.807, 2.05) is 0 Å². The summed E-state index contributed by atoms with van der Waals surface area (Å²) in [5.74, 6) is 0.372. The van der Waals surface area contributed by atoms with Crippen LogP contribution in [0.25, 0.3) is 0 Å². The van der Waals surface area contributed by atoms with E-state index in [0.717, 1.165) is 5.56 Å². The van der Waals surface area contributed by atoms with Crippen LogP contribution in [-0.4, -0.2) is 24.9 Å². The summed E-state index contributed by atoms with van der Waals surface area (Å²) < 4.78 is 18.2. The zero-order valence-electron chi connectivity index (χ0n) is 8.53.